The van der Waals surface area contributed by atoms with E-state index in [0.29, 0.717) is 17.8 Å². The van der Waals surface area contributed by atoms with Crippen LogP contribution in [-0.2, 0) is 4.74 Å². The van der Waals surface area contributed by atoms with Crippen LogP contribution < -0.4 is 5.32 Å². The van der Waals surface area contributed by atoms with Crippen LogP contribution in [0, 0.1) is 0 Å². The van der Waals surface area contributed by atoms with E-state index < -0.39 is 5.60 Å². The highest BCUT2D eigenvalue weighted by molar-refractivity contribution is 8.00. The van der Waals surface area contributed by atoms with Gasteiger partial charge in [0.25, 0.3) is 0 Å². The molecule has 0 radical (unpaired) electrons. The highest BCUT2D eigenvalue weighted by atomic mass is 32.2. The molecule has 0 aromatic heterocycles. The standard InChI is InChI=1S/C12H25NO2S/c1-4-15-8-10(3)13-9-12(14)7-6-11(12)16-5-2/h10-11,13-14H,4-9H2,1-3H3. The van der Waals surface area contributed by atoms with E-state index in [0.717, 1.165) is 31.8 Å². The molecule has 3 nitrogen and oxygen atoms in total. The Kier molecular flexibility index (Phi) is 6.11. The molecule has 3 atom stereocenters. The van der Waals surface area contributed by atoms with E-state index >= 15 is 0 Å². The van der Waals surface area contributed by atoms with Gasteiger partial charge in [-0.25, -0.2) is 0 Å². The third-order valence-corrected chi connectivity index (χ3v) is 4.55. The lowest BCUT2D eigenvalue weighted by atomic mass is 9.79. The van der Waals surface area contributed by atoms with E-state index in [9.17, 15) is 5.11 Å². The fourth-order valence-electron chi connectivity index (χ4n) is 1.94. The van der Waals surface area contributed by atoms with Crippen molar-refractivity contribution in [3.63, 3.8) is 0 Å². The fourth-order valence-corrected chi connectivity index (χ4v) is 3.14. The van der Waals surface area contributed by atoms with Gasteiger partial charge in [-0.1, -0.05) is 6.92 Å². The summed E-state index contributed by atoms with van der Waals surface area (Å²) in [5, 5.41) is 14.1. The molecule has 0 spiro atoms. The predicted octanol–water partition coefficient (Wildman–Crippen LogP) is 1.65. The lowest BCUT2D eigenvalue weighted by molar-refractivity contribution is -0.0270. The van der Waals surface area contributed by atoms with Crippen molar-refractivity contribution < 1.29 is 9.84 Å². The van der Waals surface area contributed by atoms with Gasteiger partial charge >= 0.3 is 0 Å². The molecular weight excluding hydrogens is 222 g/mol. The largest absolute Gasteiger partial charge is 0.387 e. The number of hydrogen-bond acceptors (Lipinski definition) is 4. The summed E-state index contributed by atoms with van der Waals surface area (Å²) in [5.41, 5.74) is -0.485. The topological polar surface area (TPSA) is 41.5 Å². The van der Waals surface area contributed by atoms with Crippen LogP contribution >= 0.6 is 11.8 Å². The molecule has 1 fully saturated rings. The maximum absolute atomic E-state index is 10.4. The normalized spacial score (nSPS) is 31.1. The van der Waals surface area contributed by atoms with Crippen molar-refractivity contribution in [3.05, 3.63) is 0 Å². The van der Waals surface area contributed by atoms with Gasteiger partial charge in [-0.3, -0.25) is 0 Å². The molecule has 0 amide bonds. The number of ether oxygens (including phenoxy) is 1. The minimum atomic E-state index is -0.485. The number of aliphatic hydroxyl groups is 1. The average Bonchev–Trinajstić information content (AvgIpc) is 2.28. The smallest absolute Gasteiger partial charge is 0.0889 e. The van der Waals surface area contributed by atoms with Crippen LogP contribution in [0.2, 0.25) is 0 Å². The molecule has 1 aliphatic carbocycles. The Hall–Kier alpha value is 0.230. The molecular formula is C12H25NO2S. The van der Waals surface area contributed by atoms with Crippen LogP contribution in [0.3, 0.4) is 0 Å². The molecule has 3 unspecified atom stereocenters. The first kappa shape index (κ1) is 14.3. The van der Waals surface area contributed by atoms with Crippen LogP contribution in [-0.4, -0.2) is 47.5 Å². The van der Waals surface area contributed by atoms with Crippen molar-refractivity contribution in [2.75, 3.05) is 25.5 Å². The van der Waals surface area contributed by atoms with Gasteiger partial charge in [0.15, 0.2) is 0 Å². The minimum Gasteiger partial charge on any atom is -0.387 e. The molecule has 0 heterocycles. The molecule has 0 aromatic rings. The van der Waals surface area contributed by atoms with E-state index in [2.05, 4.69) is 19.2 Å². The maximum atomic E-state index is 10.4. The first-order chi connectivity index (χ1) is 7.62. The summed E-state index contributed by atoms with van der Waals surface area (Å²) in [6, 6.07) is 0.317. The second kappa shape index (κ2) is 6.84. The Bertz CT molecular complexity index is 203. The van der Waals surface area contributed by atoms with Gasteiger partial charge in [0.05, 0.1) is 12.2 Å². The zero-order valence-electron chi connectivity index (χ0n) is 10.7. The first-order valence-electron chi connectivity index (χ1n) is 6.27. The summed E-state index contributed by atoms with van der Waals surface area (Å²) in [7, 11) is 0. The summed E-state index contributed by atoms with van der Waals surface area (Å²) < 4.78 is 5.34. The van der Waals surface area contributed by atoms with Crippen molar-refractivity contribution in [2.45, 2.75) is 50.5 Å². The maximum Gasteiger partial charge on any atom is 0.0889 e. The molecule has 16 heavy (non-hydrogen) atoms. The van der Waals surface area contributed by atoms with Crippen LogP contribution in [0.15, 0.2) is 0 Å². The Morgan fingerprint density at radius 3 is 2.81 bits per heavy atom. The van der Waals surface area contributed by atoms with Gasteiger partial charge in [0.2, 0.25) is 0 Å². The zero-order chi connectivity index (χ0) is 12.0. The molecule has 96 valence electrons. The molecule has 0 aromatic carbocycles. The Morgan fingerprint density at radius 1 is 1.56 bits per heavy atom. The predicted molar refractivity (Wildman–Crippen MR) is 70.1 cm³/mol. The van der Waals surface area contributed by atoms with Crippen LogP contribution in [0.25, 0.3) is 0 Å². The number of thioether (sulfide) groups is 1. The molecule has 0 bridgehead atoms. The summed E-state index contributed by atoms with van der Waals surface area (Å²) in [5.74, 6) is 1.08. The highest BCUT2D eigenvalue weighted by Crippen LogP contribution is 2.40. The van der Waals surface area contributed by atoms with E-state index in [1.807, 2.05) is 18.7 Å². The summed E-state index contributed by atoms with van der Waals surface area (Å²) in [4.78, 5) is 0. The first-order valence-corrected chi connectivity index (χ1v) is 7.32. The SMILES string of the molecule is CCOCC(C)NCC1(O)CCC1SCC. The fraction of sp³-hybridized carbons (Fsp3) is 1.00. The van der Waals surface area contributed by atoms with Crippen molar-refractivity contribution in [1.82, 2.24) is 5.32 Å². The molecule has 4 heteroatoms. The van der Waals surface area contributed by atoms with E-state index in [4.69, 9.17) is 4.74 Å². The van der Waals surface area contributed by atoms with Crippen molar-refractivity contribution in [2.24, 2.45) is 0 Å². The van der Waals surface area contributed by atoms with Gasteiger partial charge in [-0.15, -0.1) is 0 Å². The lowest BCUT2D eigenvalue weighted by Crippen LogP contribution is -2.57. The van der Waals surface area contributed by atoms with Gasteiger partial charge in [-0.05, 0) is 32.4 Å². The minimum absolute atomic E-state index is 0.317. The third kappa shape index (κ3) is 3.91. The van der Waals surface area contributed by atoms with E-state index in [1.54, 1.807) is 0 Å². The quantitative estimate of drug-likeness (QED) is 0.684. The molecule has 1 aliphatic rings. The Morgan fingerprint density at radius 2 is 2.31 bits per heavy atom. The molecule has 2 N–H and O–H groups in total. The average molecular weight is 247 g/mol. The second-order valence-corrected chi connectivity index (χ2v) is 6.01. The van der Waals surface area contributed by atoms with Gasteiger partial charge in [-0.2, -0.15) is 11.8 Å². The van der Waals surface area contributed by atoms with Gasteiger partial charge in [0.1, 0.15) is 0 Å². The van der Waals surface area contributed by atoms with Crippen molar-refractivity contribution in [3.8, 4) is 0 Å². The summed E-state index contributed by atoms with van der Waals surface area (Å²) >= 11 is 1.87. The molecule has 0 saturated heterocycles. The molecule has 0 aliphatic heterocycles. The monoisotopic (exact) mass is 247 g/mol. The van der Waals surface area contributed by atoms with Gasteiger partial charge in [0, 0.05) is 24.4 Å². The lowest BCUT2D eigenvalue weighted by Gasteiger charge is -2.45. The Labute approximate surface area is 103 Å². The number of hydrogen-bond donors (Lipinski definition) is 2. The Balaban J connectivity index is 2.20. The third-order valence-electron chi connectivity index (χ3n) is 3.14. The molecule has 1 saturated carbocycles. The van der Waals surface area contributed by atoms with Crippen LogP contribution in [0.1, 0.15) is 33.6 Å². The number of nitrogens with one attached hydrogen (secondary N) is 1. The van der Waals surface area contributed by atoms with Crippen molar-refractivity contribution in [1.29, 1.82) is 0 Å². The van der Waals surface area contributed by atoms with Crippen LogP contribution in [0.5, 0.6) is 0 Å². The van der Waals surface area contributed by atoms with Crippen molar-refractivity contribution >= 4 is 11.8 Å². The van der Waals surface area contributed by atoms with Gasteiger partial charge < -0.3 is 15.2 Å². The summed E-state index contributed by atoms with van der Waals surface area (Å²) in [6.45, 7) is 8.41. The molecule has 1 rings (SSSR count). The zero-order valence-corrected chi connectivity index (χ0v) is 11.5. The number of rotatable bonds is 8. The van der Waals surface area contributed by atoms with E-state index in [-0.39, 0.29) is 0 Å². The summed E-state index contributed by atoms with van der Waals surface area (Å²) in [6.07, 6.45) is 2.08. The van der Waals surface area contributed by atoms with Crippen LogP contribution in [0.4, 0.5) is 0 Å². The second-order valence-electron chi connectivity index (χ2n) is 4.53. The highest BCUT2D eigenvalue weighted by Gasteiger charge is 2.44. The van der Waals surface area contributed by atoms with E-state index in [1.165, 1.54) is 0 Å².